The smallest absolute Gasteiger partial charge is 0.319 e. The molecule has 4 saturated heterocycles. The van der Waals surface area contributed by atoms with E-state index in [0.29, 0.717) is 35.8 Å². The maximum atomic E-state index is 16.7. The molecule has 0 spiro atoms. The SMILES string of the molecule is Cc1cccc2cccc(-c3ncc4c(N5CC6CCC(C5)[NH2+]6)nc(OC[C@@H]5C[C@H](N6CCNCC6)CN5C)nc4c3F)c12. The van der Waals surface area contributed by atoms with Crippen LogP contribution in [0, 0.1) is 12.7 Å². The first-order valence-electron chi connectivity index (χ1n) is 16.2. The van der Waals surface area contributed by atoms with Gasteiger partial charge in [-0.25, -0.2) is 4.39 Å². The first-order chi connectivity index (χ1) is 21.5. The van der Waals surface area contributed by atoms with E-state index in [-0.39, 0.29) is 17.6 Å². The number of aryl methyl sites for hydroxylation is 1. The molecule has 6 heterocycles. The van der Waals surface area contributed by atoms with E-state index in [0.717, 1.165) is 80.0 Å². The molecule has 0 aliphatic carbocycles. The second-order valence-electron chi connectivity index (χ2n) is 13.3. The minimum atomic E-state index is -0.421. The highest BCUT2D eigenvalue weighted by molar-refractivity contribution is 6.00. The molecule has 44 heavy (non-hydrogen) atoms. The molecule has 2 unspecified atom stereocenters. The third kappa shape index (κ3) is 5.07. The van der Waals surface area contributed by atoms with Gasteiger partial charge in [0.25, 0.3) is 0 Å². The fourth-order valence-electron chi connectivity index (χ4n) is 8.09. The maximum absolute atomic E-state index is 16.7. The summed E-state index contributed by atoms with van der Waals surface area (Å²) in [6.07, 6.45) is 5.22. The number of fused-ring (bicyclic) bond motifs is 4. The Hall–Kier alpha value is -3.44. The third-order valence-electron chi connectivity index (χ3n) is 10.4. The molecule has 0 saturated carbocycles. The highest BCUT2D eigenvalue weighted by atomic mass is 19.1. The second-order valence-corrected chi connectivity index (χ2v) is 13.3. The van der Waals surface area contributed by atoms with E-state index < -0.39 is 5.82 Å². The summed E-state index contributed by atoms with van der Waals surface area (Å²) in [5.74, 6) is 0.315. The van der Waals surface area contributed by atoms with Crippen LogP contribution in [0.5, 0.6) is 6.01 Å². The van der Waals surface area contributed by atoms with Crippen LogP contribution in [0.1, 0.15) is 24.8 Å². The van der Waals surface area contributed by atoms with Crippen molar-refractivity contribution in [2.75, 3.05) is 64.4 Å². The van der Waals surface area contributed by atoms with E-state index in [2.05, 4.69) is 57.5 Å². The quantitative estimate of drug-likeness (QED) is 0.351. The van der Waals surface area contributed by atoms with E-state index >= 15 is 4.39 Å². The molecule has 4 fully saturated rings. The summed E-state index contributed by atoms with van der Waals surface area (Å²) in [6.45, 7) is 9.60. The number of likely N-dealkylation sites (N-methyl/N-ethyl adjacent to an activating group) is 1. The number of halogens is 1. The van der Waals surface area contributed by atoms with Gasteiger partial charge < -0.3 is 20.3 Å². The van der Waals surface area contributed by atoms with Crippen LogP contribution < -0.4 is 20.3 Å². The number of hydrogen-bond acceptors (Lipinski definition) is 8. The van der Waals surface area contributed by atoms with Crippen molar-refractivity contribution < 1.29 is 14.4 Å². The normalized spacial score (nSPS) is 26.2. The van der Waals surface area contributed by atoms with Gasteiger partial charge >= 0.3 is 6.01 Å². The standard InChI is InChI=1S/C34H41FN8O/c1-21-5-3-6-22-7-4-8-27(29(21)22)31-30(35)32-28(16-37-31)33(43-17-23-9-10-24(18-43)38-23)40-34(39-32)44-20-26-15-25(19-41(26)2)42-13-11-36-12-14-42/h3-8,16,23-26,36,38H,9-15,17-20H2,1-2H3/p+1/t23?,24?,25-,26-/m0/s1. The summed E-state index contributed by atoms with van der Waals surface area (Å²) in [5, 5.41) is 8.67. The first kappa shape index (κ1) is 28.1. The molecule has 9 nitrogen and oxygen atoms in total. The van der Waals surface area contributed by atoms with Crippen LogP contribution in [0.3, 0.4) is 0 Å². The molecule has 0 amide bonds. The number of aromatic nitrogens is 3. The molecule has 4 atom stereocenters. The van der Waals surface area contributed by atoms with Crippen LogP contribution in [0.25, 0.3) is 32.9 Å². The number of nitrogens with two attached hydrogens (primary N) is 1. The van der Waals surface area contributed by atoms with Crippen molar-refractivity contribution in [1.29, 1.82) is 0 Å². The molecular weight excluding hydrogens is 555 g/mol. The van der Waals surface area contributed by atoms with Crippen molar-refractivity contribution in [3.8, 4) is 17.3 Å². The molecule has 3 N–H and O–H groups in total. The Bertz CT molecular complexity index is 1680. The Morgan fingerprint density at radius 1 is 1.02 bits per heavy atom. The first-order valence-corrected chi connectivity index (χ1v) is 16.2. The third-order valence-corrected chi connectivity index (χ3v) is 10.4. The molecule has 10 heteroatoms. The Morgan fingerprint density at radius 2 is 1.80 bits per heavy atom. The van der Waals surface area contributed by atoms with Gasteiger partial charge in [-0.2, -0.15) is 9.97 Å². The van der Waals surface area contributed by atoms with Crippen molar-refractivity contribution in [3.63, 3.8) is 0 Å². The van der Waals surface area contributed by atoms with Gasteiger partial charge in [0.2, 0.25) is 0 Å². The number of nitrogens with one attached hydrogen (secondary N) is 1. The van der Waals surface area contributed by atoms with Crippen molar-refractivity contribution in [3.05, 3.63) is 54.0 Å². The second kappa shape index (κ2) is 11.5. The minimum absolute atomic E-state index is 0.249. The van der Waals surface area contributed by atoms with Gasteiger partial charge in [-0.15, -0.1) is 0 Å². The van der Waals surface area contributed by atoms with E-state index in [1.165, 1.54) is 12.8 Å². The fraction of sp³-hybridized carbons (Fsp3) is 0.500. The lowest BCUT2D eigenvalue weighted by molar-refractivity contribution is -0.702. The van der Waals surface area contributed by atoms with Crippen molar-refractivity contribution in [2.45, 2.75) is 50.4 Å². The van der Waals surface area contributed by atoms with Gasteiger partial charge in [-0.1, -0.05) is 36.4 Å². The number of ether oxygens (including phenoxy) is 1. The molecule has 8 rings (SSSR count). The Labute approximate surface area is 257 Å². The average molecular weight is 598 g/mol. The molecule has 2 aromatic heterocycles. The van der Waals surface area contributed by atoms with E-state index in [4.69, 9.17) is 19.7 Å². The number of rotatable bonds is 6. The average Bonchev–Trinajstić information content (AvgIpc) is 3.60. The van der Waals surface area contributed by atoms with Crippen LogP contribution >= 0.6 is 0 Å². The molecule has 4 aromatic rings. The van der Waals surface area contributed by atoms with Gasteiger partial charge in [0.05, 0.1) is 18.5 Å². The monoisotopic (exact) mass is 597 g/mol. The topological polar surface area (TPSA) is 86.3 Å². The largest absolute Gasteiger partial charge is 0.462 e. The number of piperazine rings is 2. The lowest BCUT2D eigenvalue weighted by atomic mass is 9.97. The number of quaternary nitrogens is 1. The van der Waals surface area contributed by atoms with Gasteiger partial charge in [-0.05, 0) is 36.7 Å². The van der Waals surface area contributed by atoms with Gasteiger partial charge in [0.1, 0.15) is 35.7 Å². The number of anilines is 1. The minimum Gasteiger partial charge on any atom is -0.462 e. The number of pyridine rings is 1. The van der Waals surface area contributed by atoms with E-state index in [1.54, 1.807) is 6.20 Å². The number of nitrogens with zero attached hydrogens (tertiary/aromatic N) is 6. The molecule has 4 aliphatic rings. The van der Waals surface area contributed by atoms with Crippen molar-refractivity contribution >= 4 is 27.5 Å². The summed E-state index contributed by atoms with van der Waals surface area (Å²) in [4.78, 5) is 21.7. The summed E-state index contributed by atoms with van der Waals surface area (Å²) in [5.41, 5.74) is 2.46. The van der Waals surface area contributed by atoms with Crippen LogP contribution in [0.4, 0.5) is 10.2 Å². The van der Waals surface area contributed by atoms with Crippen LogP contribution in [0.2, 0.25) is 0 Å². The molecule has 4 aliphatic heterocycles. The Kier molecular flexibility index (Phi) is 7.33. The maximum Gasteiger partial charge on any atom is 0.319 e. The molecule has 2 bridgehead atoms. The summed E-state index contributed by atoms with van der Waals surface area (Å²) in [7, 11) is 2.17. The molecule has 0 radical (unpaired) electrons. The van der Waals surface area contributed by atoms with Crippen LogP contribution in [0.15, 0.2) is 42.6 Å². The van der Waals surface area contributed by atoms with Crippen molar-refractivity contribution in [1.82, 2.24) is 30.1 Å². The van der Waals surface area contributed by atoms with Gasteiger partial charge in [-0.3, -0.25) is 14.8 Å². The predicted octanol–water partition coefficient (Wildman–Crippen LogP) is 2.56. The summed E-state index contributed by atoms with van der Waals surface area (Å²) in [6, 6.07) is 14.2. The zero-order valence-corrected chi connectivity index (χ0v) is 25.7. The lowest BCUT2D eigenvalue weighted by Gasteiger charge is -2.32. The molecule has 2 aromatic carbocycles. The zero-order valence-electron chi connectivity index (χ0n) is 25.7. The van der Waals surface area contributed by atoms with E-state index in [9.17, 15) is 0 Å². The summed E-state index contributed by atoms with van der Waals surface area (Å²) >= 11 is 0. The van der Waals surface area contributed by atoms with E-state index in [1.807, 2.05) is 18.2 Å². The highest BCUT2D eigenvalue weighted by Crippen LogP contribution is 2.36. The summed E-state index contributed by atoms with van der Waals surface area (Å²) < 4.78 is 23.1. The van der Waals surface area contributed by atoms with Gasteiger partial charge in [0.15, 0.2) is 5.82 Å². The number of likely N-dealkylation sites (tertiary alicyclic amines) is 1. The zero-order chi connectivity index (χ0) is 29.8. The van der Waals surface area contributed by atoms with Crippen LogP contribution in [-0.4, -0.2) is 108 Å². The Morgan fingerprint density at radius 3 is 2.59 bits per heavy atom. The number of hydrogen-bond donors (Lipinski definition) is 2. The molecular formula is C34H42FN8O+. The fourth-order valence-corrected chi connectivity index (χ4v) is 8.09. The van der Waals surface area contributed by atoms with Crippen LogP contribution in [-0.2, 0) is 0 Å². The lowest BCUT2D eigenvalue weighted by Crippen LogP contribution is -2.96. The Balaban J connectivity index is 1.16. The predicted molar refractivity (Wildman–Crippen MR) is 171 cm³/mol. The van der Waals surface area contributed by atoms with Crippen molar-refractivity contribution in [2.24, 2.45) is 0 Å². The highest BCUT2D eigenvalue weighted by Gasteiger charge is 2.38. The molecule has 230 valence electrons. The van der Waals surface area contributed by atoms with Gasteiger partial charge in [0, 0.05) is 69.4 Å². The number of benzene rings is 2.